The van der Waals surface area contributed by atoms with Crippen molar-refractivity contribution in [1.29, 1.82) is 0 Å². The molecule has 0 aliphatic carbocycles. The van der Waals surface area contributed by atoms with Crippen LogP contribution in [-0.4, -0.2) is 15.3 Å². The van der Waals surface area contributed by atoms with Gasteiger partial charge in [0.15, 0.2) is 11.5 Å². The Balaban J connectivity index is 0.00000136. The number of terminal acetylenes is 1. The van der Waals surface area contributed by atoms with Crippen LogP contribution in [0, 0.1) is 19.8 Å². The molecule has 0 saturated heterocycles. The summed E-state index contributed by atoms with van der Waals surface area (Å²) in [6.07, 6.45) is 19.5. The van der Waals surface area contributed by atoms with Crippen molar-refractivity contribution in [1.82, 2.24) is 0 Å². The molecular weight excluding hydrogens is 633 g/mol. The molecule has 50 heavy (non-hydrogen) atoms. The minimum Gasteiger partial charge on any atom is -0.506 e. The molecular formula is C46H46O3S. The highest BCUT2D eigenvalue weighted by molar-refractivity contribution is 7.26. The molecule has 0 aliphatic rings. The van der Waals surface area contributed by atoms with Crippen molar-refractivity contribution in [3.05, 3.63) is 137 Å². The number of phenolic OH excluding ortho intramolecular Hbond substituents is 3. The maximum Gasteiger partial charge on any atom is 0.176 e. The van der Waals surface area contributed by atoms with Crippen molar-refractivity contribution < 1.29 is 15.3 Å². The van der Waals surface area contributed by atoms with Crippen LogP contribution in [0.1, 0.15) is 68.9 Å². The van der Waals surface area contributed by atoms with Crippen molar-refractivity contribution in [3.8, 4) is 41.2 Å². The van der Waals surface area contributed by atoms with Gasteiger partial charge >= 0.3 is 0 Å². The molecule has 0 radical (unpaired) electrons. The van der Waals surface area contributed by atoms with E-state index in [9.17, 15) is 15.3 Å². The van der Waals surface area contributed by atoms with Crippen LogP contribution in [-0.2, 0) is 6.42 Å². The first-order chi connectivity index (χ1) is 24.3. The average molecular weight is 679 g/mol. The van der Waals surface area contributed by atoms with E-state index in [1.54, 1.807) is 6.08 Å². The number of hydrogen-bond donors (Lipinski definition) is 3. The summed E-state index contributed by atoms with van der Waals surface area (Å²) in [7, 11) is 0. The predicted octanol–water partition coefficient (Wildman–Crippen LogP) is 13.1. The van der Waals surface area contributed by atoms with Gasteiger partial charge < -0.3 is 15.3 Å². The van der Waals surface area contributed by atoms with Gasteiger partial charge in [-0.05, 0) is 89.4 Å². The Hall–Kier alpha value is -5.50. The van der Waals surface area contributed by atoms with E-state index in [0.717, 1.165) is 44.0 Å². The first kappa shape index (κ1) is 37.3. The van der Waals surface area contributed by atoms with Gasteiger partial charge in [-0.25, -0.2) is 0 Å². The maximum atomic E-state index is 12.0. The van der Waals surface area contributed by atoms with Gasteiger partial charge in [-0.1, -0.05) is 124 Å². The molecule has 0 bridgehead atoms. The van der Waals surface area contributed by atoms with Gasteiger partial charge in [0.05, 0.1) is 10.3 Å². The number of hydrogen-bond acceptors (Lipinski definition) is 4. The highest BCUT2D eigenvalue weighted by atomic mass is 32.1. The summed E-state index contributed by atoms with van der Waals surface area (Å²) >= 11 is 1.35. The van der Waals surface area contributed by atoms with Crippen LogP contribution in [0.25, 0.3) is 53.7 Å². The fraction of sp³-hybridized carbons (Fsp3) is 0.174. The van der Waals surface area contributed by atoms with Crippen LogP contribution in [0.5, 0.6) is 17.2 Å². The van der Waals surface area contributed by atoms with Gasteiger partial charge in [0, 0.05) is 21.0 Å². The van der Waals surface area contributed by atoms with E-state index in [1.807, 2.05) is 68.5 Å². The molecule has 0 unspecified atom stereocenters. The summed E-state index contributed by atoms with van der Waals surface area (Å²) in [6, 6.07) is 24.5. The topological polar surface area (TPSA) is 60.7 Å². The summed E-state index contributed by atoms with van der Waals surface area (Å²) in [6.45, 7) is 16.5. The van der Waals surface area contributed by atoms with Crippen molar-refractivity contribution in [2.24, 2.45) is 0 Å². The van der Waals surface area contributed by atoms with E-state index < -0.39 is 0 Å². The zero-order valence-electron chi connectivity index (χ0n) is 29.8. The Bertz CT molecular complexity index is 2290. The van der Waals surface area contributed by atoms with E-state index >= 15 is 0 Å². The number of rotatable bonds is 8. The Labute approximate surface area is 300 Å². The highest BCUT2D eigenvalue weighted by Gasteiger charge is 2.28. The molecule has 0 amide bonds. The second-order valence-corrected chi connectivity index (χ2v) is 12.6. The van der Waals surface area contributed by atoms with Gasteiger partial charge in [0.2, 0.25) is 0 Å². The molecule has 5 aromatic carbocycles. The van der Waals surface area contributed by atoms with Crippen LogP contribution in [0.4, 0.5) is 0 Å². The molecule has 4 heteroatoms. The van der Waals surface area contributed by atoms with E-state index in [4.69, 9.17) is 0 Å². The van der Waals surface area contributed by atoms with Crippen molar-refractivity contribution in [3.63, 3.8) is 0 Å². The lowest BCUT2D eigenvalue weighted by Crippen LogP contribution is -2.02. The summed E-state index contributed by atoms with van der Waals surface area (Å²) in [5, 5.41) is 38.3. The lowest BCUT2D eigenvalue weighted by molar-refractivity contribution is 0.405. The quantitative estimate of drug-likeness (QED) is 0.0650. The lowest BCUT2D eigenvalue weighted by atomic mass is 9.82. The van der Waals surface area contributed by atoms with Gasteiger partial charge in [0.25, 0.3) is 0 Å². The molecule has 0 saturated carbocycles. The Kier molecular flexibility index (Phi) is 12.5. The molecule has 6 rings (SSSR count). The van der Waals surface area contributed by atoms with Crippen LogP contribution in [0.15, 0.2) is 109 Å². The molecule has 3 N–H and O–H groups in total. The molecule has 0 atom stereocenters. The summed E-state index contributed by atoms with van der Waals surface area (Å²) in [4.78, 5) is 0. The van der Waals surface area contributed by atoms with E-state index in [-0.39, 0.29) is 22.8 Å². The standard InChI is InChI=1S/C42H38O3S.C2H6.C2H2/c1-6-9-18-30-26(5)34(24-28-17-10-11-19-29(28)25(4)27(8-3)16-7-2)31-20-12-13-21-32(31)36(30)38-39(43)37-33-22-14-15-23-35(33)46-42(37)41(45)40(38)44;2*1-2/h6-7,9-23,43-45H,1,8,24H2,2-5H3;1-2H3;1-2H/b16-7-,18-9-,27-25+;;. The molecule has 1 aromatic heterocycles. The molecule has 0 fully saturated rings. The summed E-state index contributed by atoms with van der Waals surface area (Å²) < 4.78 is 1.39. The Morgan fingerprint density at radius 2 is 1.44 bits per heavy atom. The zero-order chi connectivity index (χ0) is 36.5. The number of benzene rings is 5. The predicted molar refractivity (Wildman–Crippen MR) is 219 cm³/mol. The van der Waals surface area contributed by atoms with Gasteiger partial charge in [-0.15, -0.1) is 24.2 Å². The maximum absolute atomic E-state index is 12.0. The van der Waals surface area contributed by atoms with Gasteiger partial charge in [-0.3, -0.25) is 0 Å². The lowest BCUT2D eigenvalue weighted by Gasteiger charge is -2.22. The Morgan fingerprint density at radius 3 is 2.10 bits per heavy atom. The van der Waals surface area contributed by atoms with Crippen molar-refractivity contribution in [2.45, 2.75) is 54.4 Å². The van der Waals surface area contributed by atoms with Gasteiger partial charge in [0.1, 0.15) is 5.75 Å². The van der Waals surface area contributed by atoms with Crippen LogP contribution < -0.4 is 0 Å². The minimum atomic E-state index is -0.329. The normalized spacial score (nSPS) is 11.8. The Morgan fingerprint density at radius 1 is 0.820 bits per heavy atom. The van der Waals surface area contributed by atoms with E-state index in [2.05, 4.69) is 89.6 Å². The second kappa shape index (κ2) is 16.7. The number of phenols is 3. The van der Waals surface area contributed by atoms with Crippen molar-refractivity contribution >= 4 is 53.9 Å². The van der Waals surface area contributed by atoms with Crippen LogP contribution in [0.2, 0.25) is 0 Å². The monoisotopic (exact) mass is 678 g/mol. The number of fused-ring (bicyclic) bond motifs is 4. The molecule has 6 aromatic rings. The first-order valence-corrected chi connectivity index (χ1v) is 17.8. The van der Waals surface area contributed by atoms with E-state index in [1.165, 1.54) is 33.6 Å². The molecule has 3 nitrogen and oxygen atoms in total. The fourth-order valence-corrected chi connectivity index (χ4v) is 7.94. The fourth-order valence-electron chi connectivity index (χ4n) is 6.79. The third-order valence-electron chi connectivity index (χ3n) is 9.06. The molecule has 254 valence electrons. The number of aromatic hydroxyl groups is 3. The zero-order valence-corrected chi connectivity index (χ0v) is 30.7. The van der Waals surface area contributed by atoms with E-state index in [0.29, 0.717) is 22.1 Å². The smallest absolute Gasteiger partial charge is 0.176 e. The molecule has 0 aliphatic heterocycles. The molecule has 0 spiro atoms. The molecule has 1 heterocycles. The average Bonchev–Trinajstić information content (AvgIpc) is 3.56. The largest absolute Gasteiger partial charge is 0.506 e. The minimum absolute atomic E-state index is 0.0458. The third kappa shape index (κ3) is 6.70. The summed E-state index contributed by atoms with van der Waals surface area (Å²) in [5.41, 5.74) is 8.97. The van der Waals surface area contributed by atoms with Crippen LogP contribution >= 0.6 is 11.3 Å². The second-order valence-electron chi connectivity index (χ2n) is 11.6. The summed E-state index contributed by atoms with van der Waals surface area (Å²) in [5.74, 6) is -0.600. The highest BCUT2D eigenvalue weighted by Crippen LogP contribution is 2.56. The number of thiophene rings is 1. The first-order valence-electron chi connectivity index (χ1n) is 17.0. The van der Waals surface area contributed by atoms with Crippen LogP contribution in [0.3, 0.4) is 0 Å². The van der Waals surface area contributed by atoms with Crippen molar-refractivity contribution in [2.75, 3.05) is 0 Å². The van der Waals surface area contributed by atoms with Gasteiger partial charge in [-0.2, -0.15) is 0 Å². The number of allylic oxidation sites excluding steroid dienone is 6. The SMILES string of the molecule is C#C.C=C/C=C\c1c(C)c(Cc2ccccc2/C(C)=C(/C=C\C)CC)c2ccccc2c1-c1c(O)c(O)c2sc3ccccc3c2c1O.CC. The third-order valence-corrected chi connectivity index (χ3v) is 10.2.